The Morgan fingerprint density at radius 2 is 1.60 bits per heavy atom. The highest BCUT2D eigenvalue weighted by Crippen LogP contribution is 2.19. The minimum Gasteiger partial charge on any atom is -0.459 e. The standard InChI is InChI=1S/C19H22N4O7/c1-11(2)29-18(25)13-5-14(19(26)30-12(3)4)7-15(6-13)21-17(24)10-22-9-16(8-20-22)23(27)28/h5-9,11-12H,10H2,1-4H3,(H,21,24). The molecule has 0 aliphatic heterocycles. The number of carbonyl (C=O) groups excluding carboxylic acids is 3. The number of rotatable bonds is 8. The first-order valence-electron chi connectivity index (χ1n) is 9.09. The molecule has 1 N–H and O–H groups in total. The lowest BCUT2D eigenvalue weighted by Gasteiger charge is -2.13. The normalized spacial score (nSPS) is 10.7. The summed E-state index contributed by atoms with van der Waals surface area (Å²) in [5, 5.41) is 17.0. The number of nitrogens with zero attached hydrogens (tertiary/aromatic N) is 3. The maximum absolute atomic E-state index is 12.3. The van der Waals surface area contributed by atoms with E-state index in [2.05, 4.69) is 10.4 Å². The maximum Gasteiger partial charge on any atom is 0.338 e. The van der Waals surface area contributed by atoms with E-state index in [0.29, 0.717) is 0 Å². The number of aromatic nitrogens is 2. The van der Waals surface area contributed by atoms with Crippen molar-refractivity contribution in [3.63, 3.8) is 0 Å². The number of benzene rings is 1. The summed E-state index contributed by atoms with van der Waals surface area (Å²) in [4.78, 5) is 47.0. The molecule has 2 rings (SSSR count). The van der Waals surface area contributed by atoms with Crippen LogP contribution in [0.4, 0.5) is 11.4 Å². The van der Waals surface area contributed by atoms with Gasteiger partial charge in [-0.1, -0.05) is 0 Å². The van der Waals surface area contributed by atoms with Crippen LogP contribution in [-0.2, 0) is 20.8 Å². The van der Waals surface area contributed by atoms with E-state index < -0.39 is 22.8 Å². The van der Waals surface area contributed by atoms with Crippen LogP contribution < -0.4 is 5.32 Å². The van der Waals surface area contributed by atoms with Crippen molar-refractivity contribution in [2.75, 3.05) is 5.32 Å². The zero-order valence-electron chi connectivity index (χ0n) is 16.9. The topological polar surface area (TPSA) is 143 Å². The van der Waals surface area contributed by atoms with E-state index in [9.17, 15) is 24.5 Å². The summed E-state index contributed by atoms with van der Waals surface area (Å²) in [6, 6.07) is 4.04. The Hall–Kier alpha value is -3.76. The zero-order chi connectivity index (χ0) is 22.4. The summed E-state index contributed by atoms with van der Waals surface area (Å²) in [5.74, 6) is -1.89. The predicted molar refractivity (Wildman–Crippen MR) is 105 cm³/mol. The van der Waals surface area contributed by atoms with Crippen LogP contribution in [0, 0.1) is 10.1 Å². The summed E-state index contributed by atoms with van der Waals surface area (Å²) < 4.78 is 11.4. The number of hydrogen-bond acceptors (Lipinski definition) is 8. The van der Waals surface area contributed by atoms with Gasteiger partial charge in [-0.25, -0.2) is 9.59 Å². The third-order valence-electron chi connectivity index (χ3n) is 3.51. The predicted octanol–water partition coefficient (Wildman–Crippen LogP) is 2.56. The van der Waals surface area contributed by atoms with Crippen LogP contribution in [0.1, 0.15) is 48.4 Å². The molecule has 0 saturated heterocycles. The molecule has 0 spiro atoms. The van der Waals surface area contributed by atoms with Crippen LogP contribution in [-0.4, -0.2) is 44.8 Å². The summed E-state index contributed by atoms with van der Waals surface area (Å²) in [6.45, 7) is 6.42. The number of ether oxygens (including phenoxy) is 2. The number of anilines is 1. The van der Waals surface area contributed by atoms with E-state index in [1.807, 2.05) is 0 Å². The fourth-order valence-electron chi connectivity index (χ4n) is 2.38. The average Bonchev–Trinajstić information content (AvgIpc) is 3.08. The molecule has 30 heavy (non-hydrogen) atoms. The Bertz CT molecular complexity index is 925. The van der Waals surface area contributed by atoms with Gasteiger partial charge in [-0.05, 0) is 45.9 Å². The zero-order valence-corrected chi connectivity index (χ0v) is 16.9. The second kappa shape index (κ2) is 9.63. The van der Waals surface area contributed by atoms with Gasteiger partial charge in [0.05, 0.1) is 28.3 Å². The Labute approximate surface area is 172 Å². The highest BCUT2D eigenvalue weighted by molar-refractivity contribution is 5.99. The van der Waals surface area contributed by atoms with Crippen LogP contribution in [0.5, 0.6) is 0 Å². The van der Waals surface area contributed by atoms with Crippen molar-refractivity contribution in [2.45, 2.75) is 46.4 Å². The Morgan fingerprint density at radius 3 is 2.03 bits per heavy atom. The molecule has 0 saturated carbocycles. The van der Waals surface area contributed by atoms with Gasteiger partial charge in [-0.2, -0.15) is 5.10 Å². The van der Waals surface area contributed by atoms with Gasteiger partial charge in [0.15, 0.2) is 0 Å². The lowest BCUT2D eigenvalue weighted by atomic mass is 10.1. The minimum absolute atomic E-state index is 0.0620. The van der Waals surface area contributed by atoms with Gasteiger partial charge in [0.25, 0.3) is 0 Å². The fourth-order valence-corrected chi connectivity index (χ4v) is 2.38. The summed E-state index contributed by atoms with van der Waals surface area (Å²) in [7, 11) is 0. The highest BCUT2D eigenvalue weighted by Gasteiger charge is 2.18. The first-order chi connectivity index (χ1) is 14.0. The molecule has 0 radical (unpaired) electrons. The van der Waals surface area contributed by atoms with Crippen LogP contribution in [0.25, 0.3) is 0 Å². The summed E-state index contributed by atoms with van der Waals surface area (Å²) in [5.41, 5.74) is 0.0365. The molecule has 0 fully saturated rings. The largest absolute Gasteiger partial charge is 0.459 e. The molecule has 0 aliphatic rings. The van der Waals surface area contributed by atoms with Crippen molar-refractivity contribution >= 4 is 29.2 Å². The molecule has 2 aromatic rings. The lowest BCUT2D eigenvalue weighted by molar-refractivity contribution is -0.385. The molecular formula is C19H22N4O7. The second-order valence-electron chi connectivity index (χ2n) is 6.91. The van der Waals surface area contributed by atoms with Gasteiger partial charge in [-0.3, -0.25) is 19.6 Å². The molecule has 1 heterocycles. The van der Waals surface area contributed by atoms with Crippen LogP contribution in [0.3, 0.4) is 0 Å². The van der Waals surface area contributed by atoms with E-state index in [0.717, 1.165) is 17.1 Å². The molecule has 1 amide bonds. The minimum atomic E-state index is -0.664. The van der Waals surface area contributed by atoms with Gasteiger partial charge >= 0.3 is 17.6 Å². The van der Waals surface area contributed by atoms with E-state index in [1.54, 1.807) is 27.7 Å². The van der Waals surface area contributed by atoms with Crippen molar-refractivity contribution in [1.82, 2.24) is 9.78 Å². The van der Waals surface area contributed by atoms with Crippen molar-refractivity contribution in [2.24, 2.45) is 0 Å². The van der Waals surface area contributed by atoms with Gasteiger partial charge in [-0.15, -0.1) is 0 Å². The number of hydrogen-bond donors (Lipinski definition) is 1. The fraction of sp³-hybridized carbons (Fsp3) is 0.368. The molecule has 11 heteroatoms. The third-order valence-corrected chi connectivity index (χ3v) is 3.51. The van der Waals surface area contributed by atoms with Crippen LogP contribution in [0.2, 0.25) is 0 Å². The number of esters is 2. The monoisotopic (exact) mass is 418 g/mol. The SMILES string of the molecule is CC(C)OC(=O)c1cc(NC(=O)Cn2cc([N+](=O)[O-])cn2)cc(C(=O)OC(C)C)c1. The van der Waals surface area contributed by atoms with Crippen LogP contribution in [0.15, 0.2) is 30.6 Å². The number of amides is 1. The molecule has 0 aliphatic carbocycles. The van der Waals surface area contributed by atoms with Crippen molar-refractivity contribution in [3.05, 3.63) is 51.8 Å². The van der Waals surface area contributed by atoms with E-state index in [-0.39, 0.29) is 41.3 Å². The second-order valence-corrected chi connectivity index (χ2v) is 6.91. The summed E-state index contributed by atoms with van der Waals surface area (Å²) >= 11 is 0. The maximum atomic E-state index is 12.3. The Balaban J connectivity index is 2.25. The average molecular weight is 418 g/mol. The van der Waals surface area contributed by atoms with Crippen molar-refractivity contribution in [3.8, 4) is 0 Å². The Morgan fingerprint density at radius 1 is 1.07 bits per heavy atom. The van der Waals surface area contributed by atoms with E-state index in [4.69, 9.17) is 9.47 Å². The third kappa shape index (κ3) is 6.40. The quantitative estimate of drug-likeness (QED) is 0.391. The van der Waals surface area contributed by atoms with E-state index >= 15 is 0 Å². The smallest absolute Gasteiger partial charge is 0.338 e. The molecule has 11 nitrogen and oxygen atoms in total. The molecule has 160 valence electrons. The van der Waals surface area contributed by atoms with Gasteiger partial charge in [0.2, 0.25) is 5.91 Å². The molecule has 1 aromatic heterocycles. The number of nitro groups is 1. The molecule has 0 bridgehead atoms. The molecule has 0 unspecified atom stereocenters. The van der Waals surface area contributed by atoms with Crippen LogP contribution >= 0.6 is 0 Å². The highest BCUT2D eigenvalue weighted by atomic mass is 16.6. The lowest BCUT2D eigenvalue weighted by Crippen LogP contribution is -2.20. The van der Waals surface area contributed by atoms with Crippen molar-refractivity contribution in [1.29, 1.82) is 0 Å². The first kappa shape index (κ1) is 22.5. The van der Waals surface area contributed by atoms with Gasteiger partial charge in [0, 0.05) is 5.69 Å². The van der Waals surface area contributed by atoms with E-state index in [1.165, 1.54) is 18.2 Å². The molecule has 0 atom stereocenters. The summed E-state index contributed by atoms with van der Waals surface area (Å²) in [6.07, 6.45) is 1.38. The molecule has 1 aromatic carbocycles. The van der Waals surface area contributed by atoms with Gasteiger partial charge < -0.3 is 14.8 Å². The number of carbonyl (C=O) groups is 3. The number of nitrogens with one attached hydrogen (secondary N) is 1. The van der Waals surface area contributed by atoms with Gasteiger partial charge in [0.1, 0.15) is 18.9 Å². The molecular weight excluding hydrogens is 396 g/mol. The first-order valence-corrected chi connectivity index (χ1v) is 9.09. The van der Waals surface area contributed by atoms with Crippen molar-refractivity contribution < 1.29 is 28.8 Å². The Kier molecular flexibility index (Phi) is 7.23.